The van der Waals surface area contributed by atoms with Gasteiger partial charge >= 0.3 is 6.09 Å². The molecule has 2 bridgehead atoms. The van der Waals surface area contributed by atoms with E-state index in [2.05, 4.69) is 26.7 Å². The summed E-state index contributed by atoms with van der Waals surface area (Å²) in [6, 6.07) is 1.48. The third kappa shape index (κ3) is 4.38. The molecule has 0 radical (unpaired) electrons. The van der Waals surface area contributed by atoms with Crippen LogP contribution < -0.4 is 5.32 Å². The highest BCUT2D eigenvalue weighted by Crippen LogP contribution is 2.43. The molecule has 2 aromatic rings. The van der Waals surface area contributed by atoms with Gasteiger partial charge in [-0.05, 0) is 39.0 Å². The topological polar surface area (TPSA) is 104 Å². The van der Waals surface area contributed by atoms with Crippen LogP contribution in [-0.4, -0.2) is 66.6 Å². The summed E-state index contributed by atoms with van der Waals surface area (Å²) in [5.41, 5.74) is 2.16. The summed E-state index contributed by atoms with van der Waals surface area (Å²) in [6.07, 6.45) is 7.18. The zero-order chi connectivity index (χ0) is 23.1. The third-order valence-corrected chi connectivity index (χ3v) is 8.42. The van der Waals surface area contributed by atoms with Gasteiger partial charge in [-0.1, -0.05) is 0 Å². The van der Waals surface area contributed by atoms with Crippen LogP contribution >= 0.6 is 11.3 Å². The Labute approximate surface area is 197 Å². The molecular formula is C23H32N6O3S. The molecule has 5 rings (SSSR count). The van der Waals surface area contributed by atoms with Crippen LogP contribution in [0.2, 0.25) is 0 Å². The lowest BCUT2D eigenvalue weighted by Gasteiger charge is -2.41. The Hall–Kier alpha value is -2.46. The highest BCUT2D eigenvalue weighted by Gasteiger charge is 2.42. The van der Waals surface area contributed by atoms with Gasteiger partial charge in [0.05, 0.1) is 18.3 Å². The van der Waals surface area contributed by atoms with E-state index in [1.807, 2.05) is 5.38 Å². The number of hydrogen-bond donors (Lipinski definition) is 2. The Morgan fingerprint density at radius 3 is 2.67 bits per heavy atom. The van der Waals surface area contributed by atoms with Crippen LogP contribution in [0.4, 0.5) is 4.79 Å². The standard InChI is InChI=1S/C23H32N6O3S/c1-14-25-20-13-27(23(31)32)8-6-21(20)29(14)18-11-16-3-4-17(12-18)28(16)9-5-19(26-15(2)30)22-24-7-10-33-22/h7,10,16-19H,3-6,8-9,11-13H2,1-2H3,(H,26,30)(H,31,32)/t16-,17+,18+,19-/m0/s1. The highest BCUT2D eigenvalue weighted by atomic mass is 32.1. The van der Waals surface area contributed by atoms with Crippen molar-refractivity contribution in [1.29, 1.82) is 0 Å². The van der Waals surface area contributed by atoms with Crippen molar-refractivity contribution in [3.63, 3.8) is 0 Å². The van der Waals surface area contributed by atoms with Crippen molar-refractivity contribution in [3.05, 3.63) is 33.8 Å². The second-order valence-electron chi connectivity index (χ2n) is 9.54. The molecule has 0 aromatic carbocycles. The van der Waals surface area contributed by atoms with Crippen LogP contribution in [0, 0.1) is 6.92 Å². The molecule has 5 heterocycles. The summed E-state index contributed by atoms with van der Waals surface area (Å²) in [7, 11) is 0. The number of piperidine rings is 1. The van der Waals surface area contributed by atoms with Crippen molar-refractivity contribution in [2.45, 2.75) is 83.1 Å². The lowest BCUT2D eigenvalue weighted by Crippen LogP contribution is -2.45. The zero-order valence-corrected chi connectivity index (χ0v) is 20.1. The smallest absolute Gasteiger partial charge is 0.407 e. The van der Waals surface area contributed by atoms with E-state index < -0.39 is 6.09 Å². The van der Waals surface area contributed by atoms with Gasteiger partial charge in [0.15, 0.2) is 0 Å². The fourth-order valence-corrected chi connectivity index (χ4v) is 6.92. The van der Waals surface area contributed by atoms with E-state index in [-0.39, 0.29) is 11.9 Å². The molecule has 3 aliphatic heterocycles. The molecule has 2 amide bonds. The molecule has 2 fully saturated rings. The number of carbonyl (C=O) groups is 2. The van der Waals surface area contributed by atoms with Gasteiger partial charge in [0.2, 0.25) is 5.91 Å². The van der Waals surface area contributed by atoms with Gasteiger partial charge in [0.1, 0.15) is 10.8 Å². The van der Waals surface area contributed by atoms with Gasteiger partial charge in [-0.3, -0.25) is 9.69 Å². The number of thiazole rings is 1. The van der Waals surface area contributed by atoms with E-state index in [1.54, 1.807) is 24.5 Å². The van der Waals surface area contributed by atoms with Gasteiger partial charge in [-0.25, -0.2) is 14.8 Å². The third-order valence-electron chi connectivity index (χ3n) is 7.53. The molecule has 2 saturated heterocycles. The molecule has 0 spiro atoms. The largest absolute Gasteiger partial charge is 0.465 e. The Morgan fingerprint density at radius 1 is 1.27 bits per heavy atom. The second kappa shape index (κ2) is 9.06. The van der Waals surface area contributed by atoms with Gasteiger partial charge in [0, 0.05) is 61.8 Å². The average molecular weight is 473 g/mol. The second-order valence-corrected chi connectivity index (χ2v) is 10.5. The van der Waals surface area contributed by atoms with Gasteiger partial charge in [-0.15, -0.1) is 11.3 Å². The van der Waals surface area contributed by atoms with Crippen LogP contribution in [0.1, 0.15) is 73.3 Å². The fourth-order valence-electron chi connectivity index (χ4n) is 6.20. The molecule has 10 heteroatoms. The number of carboxylic acid groups (broad SMARTS) is 1. The minimum atomic E-state index is -0.866. The number of carbonyl (C=O) groups excluding carboxylic acids is 1. The fraction of sp³-hybridized carbons (Fsp3) is 0.652. The number of fused-ring (bicyclic) bond motifs is 3. The molecular weight excluding hydrogens is 440 g/mol. The summed E-state index contributed by atoms with van der Waals surface area (Å²) >= 11 is 1.60. The number of nitrogens with one attached hydrogen (secondary N) is 1. The quantitative estimate of drug-likeness (QED) is 0.670. The zero-order valence-electron chi connectivity index (χ0n) is 19.2. The molecule has 3 aliphatic rings. The van der Waals surface area contributed by atoms with E-state index in [4.69, 9.17) is 4.98 Å². The van der Waals surface area contributed by atoms with Crippen LogP contribution in [0.15, 0.2) is 11.6 Å². The molecule has 33 heavy (non-hydrogen) atoms. The van der Waals surface area contributed by atoms with E-state index in [0.717, 1.165) is 48.8 Å². The maximum atomic E-state index is 11.7. The Kier molecular flexibility index (Phi) is 6.13. The summed E-state index contributed by atoms with van der Waals surface area (Å²) in [4.78, 5) is 36.4. The van der Waals surface area contributed by atoms with Gasteiger partial charge < -0.3 is 19.9 Å². The van der Waals surface area contributed by atoms with Crippen LogP contribution in [0.5, 0.6) is 0 Å². The minimum absolute atomic E-state index is 0.0151. The summed E-state index contributed by atoms with van der Waals surface area (Å²) < 4.78 is 2.42. The van der Waals surface area contributed by atoms with Gasteiger partial charge in [0.25, 0.3) is 0 Å². The molecule has 2 aromatic heterocycles. The predicted molar refractivity (Wildman–Crippen MR) is 124 cm³/mol. The summed E-state index contributed by atoms with van der Waals surface area (Å²) in [6.45, 7) is 5.52. The van der Waals surface area contributed by atoms with Crippen molar-refractivity contribution < 1.29 is 14.7 Å². The van der Waals surface area contributed by atoms with Gasteiger partial charge in [-0.2, -0.15) is 0 Å². The first-order valence-electron chi connectivity index (χ1n) is 11.9. The van der Waals surface area contributed by atoms with E-state index in [1.165, 1.54) is 23.4 Å². The van der Waals surface area contributed by atoms with Crippen molar-refractivity contribution >= 4 is 23.3 Å². The first-order valence-corrected chi connectivity index (χ1v) is 12.7. The van der Waals surface area contributed by atoms with E-state index in [0.29, 0.717) is 31.2 Å². The number of nitrogens with zero attached hydrogens (tertiary/aromatic N) is 5. The van der Waals surface area contributed by atoms with Crippen molar-refractivity contribution in [3.8, 4) is 0 Å². The Balaban J connectivity index is 1.27. The molecule has 0 saturated carbocycles. The number of aromatic nitrogens is 3. The van der Waals surface area contributed by atoms with Crippen LogP contribution in [0.25, 0.3) is 0 Å². The van der Waals surface area contributed by atoms with E-state index >= 15 is 0 Å². The maximum Gasteiger partial charge on any atom is 0.407 e. The summed E-state index contributed by atoms with van der Waals surface area (Å²) in [5.74, 6) is 0.998. The van der Waals surface area contributed by atoms with Crippen molar-refractivity contribution in [2.24, 2.45) is 0 Å². The number of aryl methyl sites for hydroxylation is 1. The number of rotatable bonds is 6. The van der Waals surface area contributed by atoms with Crippen LogP contribution in [0.3, 0.4) is 0 Å². The first kappa shape index (κ1) is 22.3. The Bertz CT molecular complexity index is 1010. The molecule has 178 valence electrons. The number of hydrogen-bond acceptors (Lipinski definition) is 6. The monoisotopic (exact) mass is 472 g/mol. The Morgan fingerprint density at radius 2 is 2.03 bits per heavy atom. The first-order chi connectivity index (χ1) is 15.9. The number of imidazole rings is 1. The average Bonchev–Trinajstić information content (AvgIpc) is 3.46. The molecule has 2 N–H and O–H groups in total. The predicted octanol–water partition coefficient (Wildman–Crippen LogP) is 3.12. The van der Waals surface area contributed by atoms with Crippen LogP contribution in [-0.2, 0) is 17.8 Å². The lowest BCUT2D eigenvalue weighted by atomic mass is 9.95. The normalized spacial score (nSPS) is 25.6. The molecule has 0 aliphatic carbocycles. The molecule has 0 unspecified atom stereocenters. The summed E-state index contributed by atoms with van der Waals surface area (Å²) in [5, 5.41) is 15.4. The van der Waals surface area contributed by atoms with Crippen molar-refractivity contribution in [1.82, 2.24) is 29.7 Å². The number of amides is 2. The molecule has 4 atom stereocenters. The maximum absolute atomic E-state index is 11.7. The molecule has 9 nitrogen and oxygen atoms in total. The van der Waals surface area contributed by atoms with Crippen molar-refractivity contribution in [2.75, 3.05) is 13.1 Å². The SMILES string of the molecule is CC(=O)N[C@@H](CCN1[C@@H]2CC[C@H]1C[C@@H](n1c(C)nc3c1CCN(C(=O)O)C3)C2)c1nccs1. The minimum Gasteiger partial charge on any atom is -0.465 e. The highest BCUT2D eigenvalue weighted by molar-refractivity contribution is 7.09. The van der Waals surface area contributed by atoms with E-state index in [9.17, 15) is 14.7 Å². The lowest BCUT2D eigenvalue weighted by molar-refractivity contribution is -0.119.